The fourth-order valence-electron chi connectivity index (χ4n) is 3.13. The fourth-order valence-corrected chi connectivity index (χ4v) is 4.49. The summed E-state index contributed by atoms with van der Waals surface area (Å²) >= 11 is 0. The van der Waals surface area contributed by atoms with Crippen molar-refractivity contribution in [2.75, 3.05) is 25.4 Å². The van der Waals surface area contributed by atoms with Crippen molar-refractivity contribution in [3.63, 3.8) is 0 Å². The normalized spacial score (nSPS) is 18.7. The number of sulfone groups is 1. The molecule has 0 unspecified atom stereocenters. The molecule has 2 rings (SSSR count). The Balaban J connectivity index is 0.00000420. The van der Waals surface area contributed by atoms with Crippen LogP contribution >= 0.6 is 24.0 Å². The highest BCUT2D eigenvalue weighted by atomic mass is 127. The lowest BCUT2D eigenvalue weighted by molar-refractivity contribution is 0.129. The number of halogens is 1. The Morgan fingerprint density at radius 1 is 1.31 bits per heavy atom. The van der Waals surface area contributed by atoms with Gasteiger partial charge in [0.25, 0.3) is 0 Å². The molecule has 8 heteroatoms. The summed E-state index contributed by atoms with van der Waals surface area (Å²) in [5.74, 6) is 1.73. The van der Waals surface area contributed by atoms with Crippen molar-refractivity contribution in [3.05, 3.63) is 29.3 Å². The summed E-state index contributed by atoms with van der Waals surface area (Å²) in [6.45, 7) is 15.8. The summed E-state index contributed by atoms with van der Waals surface area (Å²) in [7, 11) is -3.09. The predicted octanol–water partition coefficient (Wildman–Crippen LogP) is 3.76. The largest absolute Gasteiger partial charge is 0.488 e. The number of guanidine groups is 1. The first kappa shape index (κ1) is 26.0. The van der Waals surface area contributed by atoms with Gasteiger partial charge >= 0.3 is 0 Å². The third kappa shape index (κ3) is 7.01. The van der Waals surface area contributed by atoms with Gasteiger partial charge in [-0.15, -0.1) is 24.0 Å². The number of aryl methyl sites for hydroxylation is 1. The number of nitrogens with zero attached hydrogens (tertiary/aromatic N) is 2. The van der Waals surface area contributed by atoms with Crippen LogP contribution in [0.3, 0.4) is 0 Å². The number of hydrogen-bond donors (Lipinski definition) is 1. The quantitative estimate of drug-likeness (QED) is 0.360. The molecule has 0 radical (unpaired) electrons. The lowest BCUT2D eigenvalue weighted by Gasteiger charge is -2.39. The number of ether oxygens (including phenoxy) is 1. The number of aliphatic imine (C=N–C) groups is 1. The Morgan fingerprint density at radius 2 is 1.97 bits per heavy atom. The van der Waals surface area contributed by atoms with Crippen LogP contribution in [0.25, 0.3) is 0 Å². The first-order valence-corrected chi connectivity index (χ1v) is 11.5. The van der Waals surface area contributed by atoms with Crippen molar-refractivity contribution < 1.29 is 13.2 Å². The van der Waals surface area contributed by atoms with E-state index in [1.807, 2.05) is 51.7 Å². The second-order valence-corrected chi connectivity index (χ2v) is 11.7. The van der Waals surface area contributed by atoms with Crippen molar-refractivity contribution in [1.29, 1.82) is 0 Å². The number of rotatable bonds is 4. The number of nitrogens with one attached hydrogen (secondary N) is 1. The second-order valence-electron chi connectivity index (χ2n) is 9.00. The van der Waals surface area contributed by atoms with Crippen molar-refractivity contribution in [2.24, 2.45) is 4.99 Å². The lowest BCUT2D eigenvalue weighted by Crippen LogP contribution is -2.57. The van der Waals surface area contributed by atoms with Gasteiger partial charge in [-0.2, -0.15) is 0 Å². The first-order valence-electron chi connectivity index (χ1n) is 9.89. The zero-order chi connectivity index (χ0) is 21.2. The summed E-state index contributed by atoms with van der Waals surface area (Å²) in [5.41, 5.74) is 1.86. The van der Waals surface area contributed by atoms with E-state index in [9.17, 15) is 8.42 Å². The molecule has 1 aliphatic rings. The standard InChI is InChI=1S/C21H35N3O3S.HI/c1-8-22-19(24-11-12-28(25,26)21(6,7)15-24)23-14-17-10-9-16(2)13-18(17)27-20(3,4)5;/h9-10,13H,8,11-12,14-15H2,1-7H3,(H,22,23);1H. The van der Waals surface area contributed by atoms with Crippen LogP contribution in [-0.4, -0.2) is 55.0 Å². The highest BCUT2D eigenvalue weighted by Crippen LogP contribution is 2.26. The maximum absolute atomic E-state index is 12.3. The van der Waals surface area contributed by atoms with Crippen LogP contribution in [0.1, 0.15) is 52.7 Å². The molecule has 166 valence electrons. The average Bonchev–Trinajstić information content (AvgIpc) is 2.54. The van der Waals surface area contributed by atoms with Gasteiger partial charge in [0, 0.05) is 25.2 Å². The zero-order valence-electron chi connectivity index (χ0n) is 18.7. The SMILES string of the molecule is CCNC(=NCc1ccc(C)cc1OC(C)(C)C)N1CCS(=O)(=O)C(C)(C)C1.I. The van der Waals surface area contributed by atoms with Gasteiger partial charge in [-0.05, 0) is 60.1 Å². The molecule has 1 heterocycles. The minimum atomic E-state index is -3.09. The van der Waals surface area contributed by atoms with E-state index in [1.165, 1.54) is 0 Å². The molecule has 0 bridgehead atoms. The van der Waals surface area contributed by atoms with Crippen LogP contribution in [-0.2, 0) is 16.4 Å². The zero-order valence-corrected chi connectivity index (χ0v) is 21.9. The fraction of sp³-hybridized carbons (Fsp3) is 0.667. The molecule has 0 amide bonds. The van der Waals surface area contributed by atoms with E-state index in [4.69, 9.17) is 9.73 Å². The van der Waals surface area contributed by atoms with E-state index in [-0.39, 0.29) is 35.3 Å². The maximum Gasteiger partial charge on any atom is 0.194 e. The van der Waals surface area contributed by atoms with E-state index in [0.29, 0.717) is 19.6 Å². The topological polar surface area (TPSA) is 71.0 Å². The molecule has 1 fully saturated rings. The molecular formula is C21H36IN3O3S. The lowest BCUT2D eigenvalue weighted by atomic mass is 10.1. The number of hydrogen-bond acceptors (Lipinski definition) is 4. The van der Waals surface area contributed by atoms with Gasteiger partial charge in [-0.25, -0.2) is 13.4 Å². The van der Waals surface area contributed by atoms with Gasteiger partial charge in [0.05, 0.1) is 17.0 Å². The van der Waals surface area contributed by atoms with Gasteiger partial charge in [0.1, 0.15) is 11.4 Å². The van der Waals surface area contributed by atoms with E-state index in [0.717, 1.165) is 29.4 Å². The Kier molecular flexibility index (Phi) is 8.83. The smallest absolute Gasteiger partial charge is 0.194 e. The van der Waals surface area contributed by atoms with Gasteiger partial charge in [0.15, 0.2) is 15.8 Å². The molecule has 0 aliphatic carbocycles. The summed E-state index contributed by atoms with van der Waals surface area (Å²) in [6.07, 6.45) is 0. The van der Waals surface area contributed by atoms with Crippen LogP contribution < -0.4 is 10.1 Å². The molecule has 1 saturated heterocycles. The Bertz CT molecular complexity index is 830. The van der Waals surface area contributed by atoms with Crippen molar-refractivity contribution >= 4 is 39.8 Å². The van der Waals surface area contributed by atoms with Gasteiger partial charge in [-0.1, -0.05) is 12.1 Å². The average molecular weight is 538 g/mol. The Labute approximate surface area is 193 Å². The summed E-state index contributed by atoms with van der Waals surface area (Å²) in [5, 5.41) is 3.31. The van der Waals surface area contributed by atoms with Gasteiger partial charge < -0.3 is 15.0 Å². The van der Waals surface area contributed by atoms with Crippen LogP contribution in [0.2, 0.25) is 0 Å². The van der Waals surface area contributed by atoms with Gasteiger partial charge in [-0.3, -0.25) is 0 Å². The number of benzene rings is 1. The third-order valence-corrected chi connectivity index (χ3v) is 7.25. The molecule has 0 spiro atoms. The Hall–Kier alpha value is -1.03. The van der Waals surface area contributed by atoms with E-state index in [1.54, 1.807) is 13.8 Å². The Morgan fingerprint density at radius 3 is 2.52 bits per heavy atom. The second kappa shape index (κ2) is 9.85. The van der Waals surface area contributed by atoms with Crippen LogP contribution in [0.5, 0.6) is 5.75 Å². The van der Waals surface area contributed by atoms with Crippen LogP contribution in [0, 0.1) is 6.92 Å². The molecule has 0 saturated carbocycles. The minimum Gasteiger partial charge on any atom is -0.488 e. The van der Waals surface area contributed by atoms with E-state index in [2.05, 4.69) is 11.4 Å². The minimum absolute atomic E-state index is 0. The molecule has 6 nitrogen and oxygen atoms in total. The van der Waals surface area contributed by atoms with Crippen molar-refractivity contribution in [2.45, 2.75) is 65.4 Å². The van der Waals surface area contributed by atoms with Crippen LogP contribution in [0.4, 0.5) is 0 Å². The van der Waals surface area contributed by atoms with Crippen molar-refractivity contribution in [3.8, 4) is 5.75 Å². The molecule has 1 aromatic carbocycles. The molecule has 1 aromatic rings. The molecule has 1 N–H and O–H groups in total. The van der Waals surface area contributed by atoms with E-state index < -0.39 is 14.6 Å². The first-order chi connectivity index (χ1) is 12.8. The molecule has 29 heavy (non-hydrogen) atoms. The summed E-state index contributed by atoms with van der Waals surface area (Å²) in [4.78, 5) is 6.84. The van der Waals surface area contributed by atoms with E-state index >= 15 is 0 Å². The highest BCUT2D eigenvalue weighted by Gasteiger charge is 2.40. The highest BCUT2D eigenvalue weighted by molar-refractivity contribution is 14.0. The maximum atomic E-state index is 12.3. The summed E-state index contributed by atoms with van der Waals surface area (Å²) in [6, 6.07) is 6.15. The predicted molar refractivity (Wildman–Crippen MR) is 131 cm³/mol. The monoisotopic (exact) mass is 537 g/mol. The van der Waals surface area contributed by atoms with Crippen LogP contribution in [0.15, 0.2) is 23.2 Å². The molecule has 0 atom stereocenters. The molecular weight excluding hydrogens is 501 g/mol. The third-order valence-electron chi connectivity index (χ3n) is 4.72. The van der Waals surface area contributed by atoms with Crippen molar-refractivity contribution in [1.82, 2.24) is 10.2 Å². The summed E-state index contributed by atoms with van der Waals surface area (Å²) < 4.78 is 30.0. The molecule has 1 aliphatic heterocycles. The van der Waals surface area contributed by atoms with Gasteiger partial charge in [0.2, 0.25) is 0 Å². The molecule has 0 aromatic heterocycles.